The fourth-order valence-corrected chi connectivity index (χ4v) is 3.92. The van der Waals surface area contributed by atoms with Crippen LogP contribution in [-0.2, 0) is 22.5 Å². The second kappa shape index (κ2) is 8.01. The van der Waals surface area contributed by atoms with Gasteiger partial charge in [-0.2, -0.15) is 0 Å². The Hall–Kier alpha value is -2.18. The molecular weight excluding hydrogens is 330 g/mol. The van der Waals surface area contributed by atoms with Crippen molar-refractivity contribution in [1.82, 2.24) is 15.2 Å². The second-order valence-electron chi connectivity index (χ2n) is 7.18. The predicted octanol–water partition coefficient (Wildman–Crippen LogP) is 2.01. The lowest BCUT2D eigenvalue weighted by Gasteiger charge is -2.33. The Morgan fingerprint density at radius 2 is 2.31 bits per heavy atom. The minimum atomic E-state index is -0.317. The molecule has 0 spiro atoms. The van der Waals surface area contributed by atoms with Crippen LogP contribution in [0.25, 0.3) is 0 Å². The van der Waals surface area contributed by atoms with Crippen molar-refractivity contribution in [2.45, 2.75) is 38.0 Å². The van der Waals surface area contributed by atoms with E-state index in [1.807, 2.05) is 24.3 Å². The molecule has 2 aromatic rings. The van der Waals surface area contributed by atoms with Crippen LogP contribution in [0.15, 0.2) is 47.4 Å². The van der Waals surface area contributed by atoms with Crippen molar-refractivity contribution in [1.29, 1.82) is 0 Å². The number of amides is 1. The maximum absolute atomic E-state index is 12.4. The summed E-state index contributed by atoms with van der Waals surface area (Å²) in [6.07, 6.45) is 7.77. The third-order valence-corrected chi connectivity index (χ3v) is 5.32. The number of piperidine rings is 1. The van der Waals surface area contributed by atoms with Gasteiger partial charge < -0.3 is 14.5 Å². The summed E-state index contributed by atoms with van der Waals surface area (Å²) >= 11 is 0. The van der Waals surface area contributed by atoms with E-state index in [9.17, 15) is 4.79 Å². The van der Waals surface area contributed by atoms with Crippen molar-refractivity contribution in [3.8, 4) is 0 Å². The van der Waals surface area contributed by atoms with Gasteiger partial charge in [-0.05, 0) is 43.5 Å². The molecule has 0 aliphatic carbocycles. The van der Waals surface area contributed by atoms with E-state index in [-0.39, 0.29) is 18.1 Å². The number of furan rings is 1. The summed E-state index contributed by atoms with van der Waals surface area (Å²) in [7, 11) is 0. The van der Waals surface area contributed by atoms with Gasteiger partial charge in [0.25, 0.3) is 0 Å². The van der Waals surface area contributed by atoms with Gasteiger partial charge in [0.2, 0.25) is 5.91 Å². The number of fused-ring (bicyclic) bond motifs is 1. The average Bonchev–Trinajstić information content (AvgIpc) is 3.32. The first kappa shape index (κ1) is 17.2. The molecule has 0 radical (unpaired) electrons. The molecule has 1 N–H and O–H groups in total. The van der Waals surface area contributed by atoms with E-state index in [0.29, 0.717) is 12.5 Å². The summed E-state index contributed by atoms with van der Waals surface area (Å²) in [5, 5.41) is 3.00. The first-order chi connectivity index (χ1) is 12.8. The van der Waals surface area contributed by atoms with Gasteiger partial charge in [-0.15, -0.1) is 0 Å². The highest BCUT2D eigenvalue weighted by Crippen LogP contribution is 2.33. The van der Waals surface area contributed by atoms with Gasteiger partial charge in [-0.3, -0.25) is 14.7 Å². The van der Waals surface area contributed by atoms with Crippen LogP contribution >= 0.6 is 0 Å². The number of rotatable bonds is 6. The number of carbonyl (C=O) groups excluding carboxylic acids is 1. The molecule has 138 valence electrons. The summed E-state index contributed by atoms with van der Waals surface area (Å²) in [5.41, 5.74) is 2.17. The highest BCUT2D eigenvalue weighted by Gasteiger charge is 2.41. The summed E-state index contributed by atoms with van der Waals surface area (Å²) in [5.74, 6) is 0.499. The highest BCUT2D eigenvalue weighted by atomic mass is 16.5. The van der Waals surface area contributed by atoms with Crippen LogP contribution in [0.1, 0.15) is 24.1 Å². The second-order valence-corrected chi connectivity index (χ2v) is 7.18. The van der Waals surface area contributed by atoms with E-state index in [0.717, 1.165) is 44.6 Å². The SMILES string of the molecule is O=C(NCCc1ccccn1)[C@@H]1C[C@@H]2CCN(Cc3ccoc3)C[C@@H]2O1. The van der Waals surface area contributed by atoms with Crippen LogP contribution in [0, 0.1) is 5.92 Å². The fourth-order valence-electron chi connectivity index (χ4n) is 3.92. The van der Waals surface area contributed by atoms with Gasteiger partial charge in [0.15, 0.2) is 0 Å². The van der Waals surface area contributed by atoms with E-state index in [1.54, 1.807) is 18.7 Å². The Kier molecular flexibility index (Phi) is 5.32. The number of nitrogens with zero attached hydrogens (tertiary/aromatic N) is 2. The van der Waals surface area contributed by atoms with Crippen molar-refractivity contribution in [3.63, 3.8) is 0 Å². The summed E-state index contributed by atoms with van der Waals surface area (Å²) in [6.45, 7) is 3.40. The van der Waals surface area contributed by atoms with Gasteiger partial charge in [0, 0.05) is 43.5 Å². The third-order valence-electron chi connectivity index (χ3n) is 5.32. The van der Waals surface area contributed by atoms with E-state index in [1.165, 1.54) is 5.56 Å². The van der Waals surface area contributed by atoms with Gasteiger partial charge in [-0.25, -0.2) is 0 Å². The zero-order chi connectivity index (χ0) is 17.8. The highest BCUT2D eigenvalue weighted by molar-refractivity contribution is 5.81. The molecule has 4 heterocycles. The first-order valence-electron chi connectivity index (χ1n) is 9.34. The lowest BCUT2D eigenvalue weighted by molar-refractivity contribution is -0.132. The van der Waals surface area contributed by atoms with Crippen molar-refractivity contribution in [2.75, 3.05) is 19.6 Å². The van der Waals surface area contributed by atoms with Crippen LogP contribution in [0.3, 0.4) is 0 Å². The van der Waals surface area contributed by atoms with Crippen molar-refractivity contribution < 1.29 is 13.9 Å². The predicted molar refractivity (Wildman–Crippen MR) is 96.3 cm³/mol. The maximum Gasteiger partial charge on any atom is 0.249 e. The van der Waals surface area contributed by atoms with Crippen LogP contribution in [0.5, 0.6) is 0 Å². The lowest BCUT2D eigenvalue weighted by Crippen LogP contribution is -2.42. The van der Waals surface area contributed by atoms with Crippen molar-refractivity contribution in [2.24, 2.45) is 5.92 Å². The number of hydrogen-bond donors (Lipinski definition) is 1. The molecule has 0 bridgehead atoms. The molecule has 2 saturated heterocycles. The fraction of sp³-hybridized carbons (Fsp3) is 0.500. The molecule has 0 unspecified atom stereocenters. The van der Waals surface area contributed by atoms with Gasteiger partial charge in [-0.1, -0.05) is 6.07 Å². The van der Waals surface area contributed by atoms with Crippen LogP contribution < -0.4 is 5.32 Å². The minimum Gasteiger partial charge on any atom is -0.472 e. The lowest BCUT2D eigenvalue weighted by atomic mass is 9.91. The smallest absolute Gasteiger partial charge is 0.249 e. The maximum atomic E-state index is 12.4. The molecule has 6 nitrogen and oxygen atoms in total. The molecule has 0 aromatic carbocycles. The molecule has 26 heavy (non-hydrogen) atoms. The van der Waals surface area contributed by atoms with E-state index in [4.69, 9.17) is 9.15 Å². The Balaban J connectivity index is 1.23. The Morgan fingerprint density at radius 3 is 3.12 bits per heavy atom. The zero-order valence-electron chi connectivity index (χ0n) is 14.8. The standard InChI is InChI=1S/C20H25N3O3/c24-20(22-8-4-17-3-1-2-7-21-17)18-11-16-5-9-23(13-19(16)26-18)12-15-6-10-25-14-15/h1-3,6-7,10,14,16,18-19H,4-5,8-9,11-13H2,(H,22,24)/t16-,18-,19-/m0/s1. The molecule has 4 rings (SSSR count). The van der Waals surface area contributed by atoms with Crippen LogP contribution in [-0.4, -0.2) is 47.6 Å². The number of aromatic nitrogens is 1. The Morgan fingerprint density at radius 1 is 1.35 bits per heavy atom. The molecule has 2 fully saturated rings. The molecule has 3 atom stereocenters. The molecule has 6 heteroatoms. The van der Waals surface area contributed by atoms with Gasteiger partial charge in [0.1, 0.15) is 6.10 Å². The summed E-state index contributed by atoms with van der Waals surface area (Å²) < 4.78 is 11.2. The topological polar surface area (TPSA) is 67.6 Å². The summed E-state index contributed by atoms with van der Waals surface area (Å²) in [6, 6.07) is 7.83. The molecule has 1 amide bonds. The van der Waals surface area contributed by atoms with Crippen molar-refractivity contribution in [3.05, 3.63) is 54.2 Å². The first-order valence-corrected chi connectivity index (χ1v) is 9.34. The zero-order valence-corrected chi connectivity index (χ0v) is 14.8. The summed E-state index contributed by atoms with van der Waals surface area (Å²) in [4.78, 5) is 19.1. The molecular formula is C20H25N3O3. The largest absolute Gasteiger partial charge is 0.472 e. The number of ether oxygens (including phenoxy) is 1. The van der Waals surface area contributed by atoms with Gasteiger partial charge >= 0.3 is 0 Å². The minimum absolute atomic E-state index is 0.0108. The molecule has 2 aromatic heterocycles. The molecule has 2 aliphatic heterocycles. The van der Waals surface area contributed by atoms with Crippen LogP contribution in [0.2, 0.25) is 0 Å². The number of likely N-dealkylation sites (tertiary alicyclic amines) is 1. The van der Waals surface area contributed by atoms with E-state index < -0.39 is 0 Å². The van der Waals surface area contributed by atoms with E-state index >= 15 is 0 Å². The van der Waals surface area contributed by atoms with Crippen LogP contribution in [0.4, 0.5) is 0 Å². The molecule has 0 saturated carbocycles. The Bertz CT molecular complexity index is 704. The normalized spacial score (nSPS) is 25.8. The van der Waals surface area contributed by atoms with Crippen molar-refractivity contribution >= 4 is 5.91 Å². The third kappa shape index (κ3) is 4.14. The quantitative estimate of drug-likeness (QED) is 0.859. The number of hydrogen-bond acceptors (Lipinski definition) is 5. The number of carbonyl (C=O) groups is 1. The number of pyridine rings is 1. The van der Waals surface area contributed by atoms with E-state index in [2.05, 4.69) is 15.2 Å². The average molecular weight is 355 g/mol. The molecule has 2 aliphatic rings. The van der Waals surface area contributed by atoms with Gasteiger partial charge in [0.05, 0.1) is 18.6 Å². The monoisotopic (exact) mass is 355 g/mol. The Labute approximate surface area is 153 Å². The number of nitrogens with one attached hydrogen (secondary N) is 1.